The van der Waals surface area contributed by atoms with Crippen molar-refractivity contribution >= 4 is 5.69 Å². The van der Waals surface area contributed by atoms with Gasteiger partial charge in [-0.2, -0.15) is 0 Å². The third kappa shape index (κ3) is 2.61. The highest BCUT2D eigenvalue weighted by molar-refractivity contribution is 5.51. The van der Waals surface area contributed by atoms with E-state index in [0.717, 1.165) is 0 Å². The van der Waals surface area contributed by atoms with Gasteiger partial charge in [0.2, 0.25) is 0 Å². The summed E-state index contributed by atoms with van der Waals surface area (Å²) in [7, 11) is 0. The Hall–Kier alpha value is -2.23. The predicted molar refractivity (Wildman–Crippen MR) is 77.2 cm³/mol. The lowest BCUT2D eigenvalue weighted by Gasteiger charge is -2.24. The van der Waals surface area contributed by atoms with E-state index in [1.54, 1.807) is 38.1 Å². The third-order valence-corrected chi connectivity index (χ3v) is 3.44. The van der Waals surface area contributed by atoms with Gasteiger partial charge in [-0.05, 0) is 31.5 Å². The molecule has 0 aliphatic carbocycles. The highest BCUT2D eigenvalue weighted by Gasteiger charge is 2.55. The lowest BCUT2D eigenvalue weighted by atomic mass is 10.1. The van der Waals surface area contributed by atoms with E-state index < -0.39 is 30.4 Å². The Morgan fingerprint density at radius 2 is 2.14 bits per heavy atom. The fraction of sp³-hybridized carbons (Fsp3) is 0.467. The molecule has 7 nitrogen and oxygen atoms in total. The molecule has 0 aromatic heterocycles. The smallest absolute Gasteiger partial charge is 0.192 e. The fourth-order valence-corrected chi connectivity index (χ4v) is 2.58. The number of terminal acetylenes is 1. The Morgan fingerprint density at radius 3 is 2.86 bits per heavy atom. The zero-order chi connectivity index (χ0) is 15.7. The largest absolute Gasteiger partial charge is 0.483 e. The standard InChI is InChI=1S/C15H15N3O4/c1-4-10-12(13-14(20-10)22-15(2,3)21-13)19-11-8-6-5-7-9(11)17-18-16/h1,5-8,10,12-14H,2-3H3/t10-,12+,13-,14-/m1/s1. The topological polar surface area (TPSA) is 85.7 Å². The van der Waals surface area contributed by atoms with Crippen molar-refractivity contribution in [3.05, 3.63) is 34.7 Å². The molecule has 4 atom stereocenters. The molecule has 0 saturated carbocycles. The number of rotatable bonds is 3. The molecule has 7 heteroatoms. The number of hydrogen-bond donors (Lipinski definition) is 0. The van der Waals surface area contributed by atoms with E-state index in [1.807, 2.05) is 0 Å². The summed E-state index contributed by atoms with van der Waals surface area (Å²) in [6.07, 6.45) is 3.32. The van der Waals surface area contributed by atoms with Gasteiger partial charge in [-0.1, -0.05) is 23.2 Å². The monoisotopic (exact) mass is 301 g/mol. The van der Waals surface area contributed by atoms with E-state index in [9.17, 15) is 0 Å². The summed E-state index contributed by atoms with van der Waals surface area (Å²) in [6, 6.07) is 6.89. The van der Waals surface area contributed by atoms with E-state index in [0.29, 0.717) is 11.4 Å². The number of azide groups is 1. The van der Waals surface area contributed by atoms with Crippen LogP contribution in [0.4, 0.5) is 5.69 Å². The number of fused-ring (bicyclic) bond motifs is 1. The van der Waals surface area contributed by atoms with Gasteiger partial charge < -0.3 is 18.9 Å². The molecule has 1 aromatic carbocycles. The van der Waals surface area contributed by atoms with Crippen LogP contribution in [-0.2, 0) is 14.2 Å². The van der Waals surface area contributed by atoms with E-state index in [2.05, 4.69) is 15.9 Å². The summed E-state index contributed by atoms with van der Waals surface area (Å²) < 4.78 is 23.0. The maximum absolute atomic E-state index is 8.62. The molecule has 0 spiro atoms. The molecule has 0 amide bonds. The number of nitrogens with zero attached hydrogens (tertiary/aromatic N) is 3. The minimum atomic E-state index is -0.763. The van der Waals surface area contributed by atoms with Gasteiger partial charge in [-0.15, -0.1) is 6.42 Å². The first-order valence-corrected chi connectivity index (χ1v) is 6.82. The van der Waals surface area contributed by atoms with Gasteiger partial charge in [0, 0.05) is 4.91 Å². The average Bonchev–Trinajstić information content (AvgIpc) is 2.94. The third-order valence-electron chi connectivity index (χ3n) is 3.44. The number of benzene rings is 1. The Morgan fingerprint density at radius 1 is 1.36 bits per heavy atom. The van der Waals surface area contributed by atoms with Crippen molar-refractivity contribution in [1.29, 1.82) is 0 Å². The molecule has 0 bridgehead atoms. The Balaban J connectivity index is 1.87. The minimum Gasteiger partial charge on any atom is -0.483 e. The van der Waals surface area contributed by atoms with E-state index in [1.165, 1.54) is 0 Å². The van der Waals surface area contributed by atoms with Gasteiger partial charge in [-0.25, -0.2) is 0 Å². The molecule has 2 fully saturated rings. The highest BCUT2D eigenvalue weighted by Crippen LogP contribution is 2.40. The van der Waals surface area contributed by atoms with Crippen molar-refractivity contribution in [1.82, 2.24) is 0 Å². The predicted octanol–water partition coefficient (Wildman–Crippen LogP) is 2.89. The van der Waals surface area contributed by atoms with Crippen LogP contribution >= 0.6 is 0 Å². The number of ether oxygens (including phenoxy) is 4. The van der Waals surface area contributed by atoms with Gasteiger partial charge in [0.25, 0.3) is 0 Å². The van der Waals surface area contributed by atoms with E-state index >= 15 is 0 Å². The molecule has 0 radical (unpaired) electrons. The summed E-state index contributed by atoms with van der Waals surface area (Å²) in [5.74, 6) is 2.19. The van der Waals surface area contributed by atoms with Crippen molar-refractivity contribution < 1.29 is 18.9 Å². The summed E-state index contributed by atoms with van der Waals surface area (Å²) >= 11 is 0. The van der Waals surface area contributed by atoms with Crippen molar-refractivity contribution in [3.63, 3.8) is 0 Å². The van der Waals surface area contributed by atoms with Crippen LogP contribution in [-0.4, -0.2) is 30.4 Å². The van der Waals surface area contributed by atoms with E-state index in [4.69, 9.17) is 30.9 Å². The average molecular weight is 301 g/mol. The molecule has 22 heavy (non-hydrogen) atoms. The zero-order valence-electron chi connectivity index (χ0n) is 12.2. The Kier molecular flexibility index (Phi) is 3.69. The molecule has 2 aliphatic rings. The van der Waals surface area contributed by atoms with Crippen LogP contribution in [0.1, 0.15) is 13.8 Å². The lowest BCUT2D eigenvalue weighted by molar-refractivity contribution is -0.206. The second-order valence-electron chi connectivity index (χ2n) is 5.43. The maximum atomic E-state index is 8.62. The van der Waals surface area contributed by atoms with Crippen LogP contribution < -0.4 is 4.74 Å². The Labute approximate surface area is 127 Å². The highest BCUT2D eigenvalue weighted by atomic mass is 16.8. The van der Waals surface area contributed by atoms with Gasteiger partial charge in [0.1, 0.15) is 5.75 Å². The van der Waals surface area contributed by atoms with Crippen LogP contribution in [0.3, 0.4) is 0 Å². The first-order valence-electron chi connectivity index (χ1n) is 6.82. The quantitative estimate of drug-likeness (QED) is 0.372. The molecule has 2 aliphatic heterocycles. The fourth-order valence-electron chi connectivity index (χ4n) is 2.58. The Bertz CT molecular complexity index is 663. The van der Waals surface area contributed by atoms with Crippen LogP contribution in [0.25, 0.3) is 10.4 Å². The van der Waals surface area contributed by atoms with Gasteiger partial charge in [-0.3, -0.25) is 0 Å². The molecule has 0 N–H and O–H groups in total. The summed E-state index contributed by atoms with van der Waals surface area (Å²) in [6.45, 7) is 3.59. The normalized spacial score (nSPS) is 31.9. The summed E-state index contributed by atoms with van der Waals surface area (Å²) in [5, 5.41) is 3.60. The molecule has 114 valence electrons. The summed E-state index contributed by atoms with van der Waals surface area (Å²) in [5.41, 5.74) is 9.00. The first kappa shape index (κ1) is 14.7. The SMILES string of the molecule is C#C[C@H]1O[C@@H]2OC(C)(C)O[C@@H]2[C@H]1Oc1ccccc1N=[N+]=[N-]. The molecule has 3 rings (SSSR count). The van der Waals surface area contributed by atoms with Gasteiger partial charge in [0.15, 0.2) is 30.4 Å². The first-order chi connectivity index (χ1) is 10.5. The number of hydrogen-bond acceptors (Lipinski definition) is 5. The second-order valence-corrected chi connectivity index (χ2v) is 5.43. The van der Waals surface area contributed by atoms with Gasteiger partial charge >= 0.3 is 0 Å². The second kappa shape index (κ2) is 5.52. The minimum absolute atomic E-state index is 0.377. The van der Waals surface area contributed by atoms with Crippen LogP contribution in [0, 0.1) is 12.3 Å². The van der Waals surface area contributed by atoms with Crippen LogP contribution in [0.5, 0.6) is 5.75 Å². The molecule has 0 unspecified atom stereocenters. The van der Waals surface area contributed by atoms with Crippen LogP contribution in [0.15, 0.2) is 29.4 Å². The summed E-state index contributed by atoms with van der Waals surface area (Å²) in [4.78, 5) is 2.79. The van der Waals surface area contributed by atoms with Gasteiger partial charge in [0.05, 0.1) is 5.69 Å². The lowest BCUT2D eigenvalue weighted by Crippen LogP contribution is -2.38. The van der Waals surface area contributed by atoms with Crippen molar-refractivity contribution in [2.75, 3.05) is 0 Å². The molecule has 2 heterocycles. The molecule has 2 saturated heterocycles. The zero-order valence-corrected chi connectivity index (χ0v) is 12.2. The number of para-hydroxylation sites is 1. The van der Waals surface area contributed by atoms with Crippen molar-refractivity contribution in [3.8, 4) is 18.1 Å². The van der Waals surface area contributed by atoms with Crippen molar-refractivity contribution in [2.24, 2.45) is 5.11 Å². The van der Waals surface area contributed by atoms with E-state index in [-0.39, 0.29) is 0 Å². The maximum Gasteiger partial charge on any atom is 0.192 e. The molecular weight excluding hydrogens is 286 g/mol. The molecular formula is C15H15N3O4. The van der Waals surface area contributed by atoms with Crippen LogP contribution in [0.2, 0.25) is 0 Å². The molecule has 1 aromatic rings. The van der Waals surface area contributed by atoms with Crippen molar-refractivity contribution in [2.45, 2.75) is 44.2 Å².